The zero-order chi connectivity index (χ0) is 29.2. The largest absolute Gasteiger partial charge is 0.504 e. The van der Waals surface area contributed by atoms with Gasteiger partial charge in [0.15, 0.2) is 28.8 Å². The van der Waals surface area contributed by atoms with E-state index < -0.39 is 23.7 Å². The molecular formula is C33H29NO7. The van der Waals surface area contributed by atoms with Crippen molar-refractivity contribution >= 4 is 34.9 Å². The van der Waals surface area contributed by atoms with Crippen LogP contribution >= 0.6 is 0 Å². The van der Waals surface area contributed by atoms with Crippen molar-refractivity contribution in [3.63, 3.8) is 0 Å². The SMILES string of the molecule is CCOc1cc(C2C3=CCC4C(=O)N(c5ccc(C(C)=O)cc5)C(=O)C4C3CC3=C2C(=O)C=C(C)C3=O)ccc1O. The van der Waals surface area contributed by atoms with E-state index in [9.17, 15) is 29.1 Å². The number of hydrogen-bond donors (Lipinski definition) is 1. The minimum absolute atomic E-state index is 0.0420. The molecule has 0 bridgehead atoms. The Labute approximate surface area is 237 Å². The second-order valence-corrected chi connectivity index (χ2v) is 11.0. The number of imide groups is 1. The summed E-state index contributed by atoms with van der Waals surface area (Å²) >= 11 is 0. The van der Waals surface area contributed by atoms with E-state index in [-0.39, 0.29) is 47.1 Å². The molecule has 4 unspecified atom stereocenters. The summed E-state index contributed by atoms with van der Waals surface area (Å²) in [6, 6.07) is 11.3. The molecule has 1 saturated heterocycles. The molecule has 4 atom stereocenters. The van der Waals surface area contributed by atoms with Crippen LogP contribution in [-0.4, -0.2) is 40.9 Å². The molecule has 6 rings (SSSR count). The molecule has 8 heteroatoms. The highest BCUT2D eigenvalue weighted by Gasteiger charge is 2.56. The van der Waals surface area contributed by atoms with Gasteiger partial charge in [-0.15, -0.1) is 0 Å². The first-order valence-electron chi connectivity index (χ1n) is 13.8. The van der Waals surface area contributed by atoms with E-state index in [1.165, 1.54) is 24.0 Å². The van der Waals surface area contributed by atoms with Gasteiger partial charge in [-0.3, -0.25) is 28.9 Å². The highest BCUT2D eigenvalue weighted by atomic mass is 16.5. The van der Waals surface area contributed by atoms with Crippen LogP contribution in [0.5, 0.6) is 11.5 Å². The number of hydrogen-bond acceptors (Lipinski definition) is 7. The zero-order valence-corrected chi connectivity index (χ0v) is 23.0. The van der Waals surface area contributed by atoms with E-state index in [1.54, 1.807) is 50.2 Å². The molecule has 208 valence electrons. The van der Waals surface area contributed by atoms with Gasteiger partial charge in [-0.05, 0) is 87.6 Å². The molecule has 0 spiro atoms. The number of carbonyl (C=O) groups excluding carboxylic acids is 5. The predicted molar refractivity (Wildman–Crippen MR) is 150 cm³/mol. The van der Waals surface area contributed by atoms with Gasteiger partial charge in [0, 0.05) is 28.2 Å². The molecule has 1 heterocycles. The van der Waals surface area contributed by atoms with Gasteiger partial charge in [0.25, 0.3) is 0 Å². The van der Waals surface area contributed by atoms with Gasteiger partial charge in [0.2, 0.25) is 11.8 Å². The van der Waals surface area contributed by atoms with Crippen LogP contribution in [0, 0.1) is 17.8 Å². The Balaban J connectivity index is 1.46. The summed E-state index contributed by atoms with van der Waals surface area (Å²) in [4.78, 5) is 67.4. The third kappa shape index (κ3) is 4.08. The Bertz CT molecular complexity index is 1640. The molecule has 8 nitrogen and oxygen atoms in total. The van der Waals surface area contributed by atoms with Gasteiger partial charge >= 0.3 is 0 Å². The lowest BCUT2D eigenvalue weighted by molar-refractivity contribution is -0.123. The first-order valence-corrected chi connectivity index (χ1v) is 13.8. The number of Topliss-reactive ketones (excluding diaryl/α,β-unsaturated/α-hetero) is 2. The second kappa shape index (κ2) is 9.80. The van der Waals surface area contributed by atoms with E-state index >= 15 is 0 Å². The van der Waals surface area contributed by atoms with E-state index in [1.807, 2.05) is 6.08 Å². The van der Waals surface area contributed by atoms with Crippen molar-refractivity contribution in [2.75, 3.05) is 11.5 Å². The summed E-state index contributed by atoms with van der Waals surface area (Å²) in [5.74, 6) is -3.45. The third-order valence-electron chi connectivity index (χ3n) is 8.71. The topological polar surface area (TPSA) is 118 Å². The third-order valence-corrected chi connectivity index (χ3v) is 8.71. The molecule has 3 aliphatic carbocycles. The average Bonchev–Trinajstić information content (AvgIpc) is 3.21. The summed E-state index contributed by atoms with van der Waals surface area (Å²) in [7, 11) is 0. The number of rotatable bonds is 5. The normalized spacial score (nSPS) is 25.4. The Hall–Kier alpha value is -4.59. The maximum Gasteiger partial charge on any atom is 0.238 e. The first-order chi connectivity index (χ1) is 19.6. The molecule has 0 radical (unpaired) electrons. The van der Waals surface area contributed by atoms with Crippen molar-refractivity contribution in [3.05, 3.63) is 88.0 Å². The number of benzene rings is 2. The maximum atomic E-state index is 14.0. The summed E-state index contributed by atoms with van der Waals surface area (Å²) in [5.41, 5.74) is 3.46. The van der Waals surface area contributed by atoms with Gasteiger partial charge in [-0.25, -0.2) is 0 Å². The molecule has 1 fully saturated rings. The standard InChI is InChI=1S/C33H29NO7/c1-4-41-27-14-19(7-12-25(27)36)28-21-10-11-22-29(23(21)15-24-30(28)26(37)13-16(2)31(24)38)33(40)34(32(22)39)20-8-5-18(6-9-20)17(3)35/h5-10,12-14,22-23,28-29,36H,4,11,15H2,1-3H3. The van der Waals surface area contributed by atoms with Crippen LogP contribution in [-0.2, 0) is 19.2 Å². The van der Waals surface area contributed by atoms with Crippen LogP contribution in [0.4, 0.5) is 5.69 Å². The predicted octanol–water partition coefficient (Wildman–Crippen LogP) is 4.63. The molecule has 0 saturated carbocycles. The van der Waals surface area contributed by atoms with Crippen LogP contribution in [0.2, 0.25) is 0 Å². The summed E-state index contributed by atoms with van der Waals surface area (Å²) in [5, 5.41) is 10.3. The number of amides is 2. The fraction of sp³-hybridized carbons (Fsp3) is 0.303. The van der Waals surface area contributed by atoms with Crippen LogP contribution in [0.1, 0.15) is 55.5 Å². The van der Waals surface area contributed by atoms with Gasteiger partial charge in [-0.2, -0.15) is 0 Å². The molecular weight excluding hydrogens is 522 g/mol. The number of anilines is 1. The lowest BCUT2D eigenvalue weighted by Crippen LogP contribution is -2.39. The Morgan fingerprint density at radius 3 is 2.44 bits per heavy atom. The number of aromatic hydroxyl groups is 1. The van der Waals surface area contributed by atoms with Gasteiger partial charge in [0.05, 0.1) is 24.1 Å². The minimum atomic E-state index is -0.705. The van der Waals surface area contributed by atoms with Crippen LogP contribution in [0.25, 0.3) is 0 Å². The number of phenols is 1. The number of phenolic OH excluding ortho intramolecular Hbond substituents is 1. The minimum Gasteiger partial charge on any atom is -0.504 e. The Morgan fingerprint density at radius 2 is 1.76 bits per heavy atom. The van der Waals surface area contributed by atoms with Crippen molar-refractivity contribution < 1.29 is 33.8 Å². The smallest absolute Gasteiger partial charge is 0.238 e. The molecule has 2 aromatic rings. The number of carbonyl (C=O) groups is 5. The van der Waals surface area contributed by atoms with Crippen LogP contribution in [0.3, 0.4) is 0 Å². The molecule has 1 aliphatic heterocycles. The molecule has 4 aliphatic rings. The van der Waals surface area contributed by atoms with Gasteiger partial charge in [0.1, 0.15) is 0 Å². The highest BCUT2D eigenvalue weighted by Crippen LogP contribution is 2.55. The van der Waals surface area contributed by atoms with Crippen molar-refractivity contribution in [1.29, 1.82) is 0 Å². The monoisotopic (exact) mass is 551 g/mol. The van der Waals surface area contributed by atoms with Crippen molar-refractivity contribution in [1.82, 2.24) is 0 Å². The number of nitrogens with zero attached hydrogens (tertiary/aromatic N) is 1. The van der Waals surface area contributed by atoms with E-state index in [4.69, 9.17) is 4.74 Å². The van der Waals surface area contributed by atoms with E-state index in [0.29, 0.717) is 46.6 Å². The Kier molecular flexibility index (Phi) is 6.36. The summed E-state index contributed by atoms with van der Waals surface area (Å²) in [6.45, 7) is 5.18. The first kappa shape index (κ1) is 26.6. The van der Waals surface area contributed by atoms with Gasteiger partial charge < -0.3 is 9.84 Å². The van der Waals surface area contributed by atoms with Crippen molar-refractivity contribution in [2.45, 2.75) is 39.5 Å². The molecule has 2 amide bonds. The number of ether oxygens (including phenoxy) is 1. The lowest BCUT2D eigenvalue weighted by Gasteiger charge is -2.42. The van der Waals surface area contributed by atoms with Crippen LogP contribution < -0.4 is 9.64 Å². The number of ketones is 3. The quantitative estimate of drug-likeness (QED) is 0.249. The highest BCUT2D eigenvalue weighted by molar-refractivity contribution is 6.25. The van der Waals surface area contributed by atoms with Crippen molar-refractivity contribution in [2.24, 2.45) is 17.8 Å². The fourth-order valence-electron chi connectivity index (χ4n) is 6.84. The lowest BCUT2D eigenvalue weighted by atomic mass is 9.59. The Morgan fingerprint density at radius 1 is 1.02 bits per heavy atom. The second-order valence-electron chi connectivity index (χ2n) is 11.0. The number of allylic oxidation sites excluding steroid dienone is 6. The molecule has 1 N–H and O–H groups in total. The number of fused-ring (bicyclic) bond motifs is 3. The van der Waals surface area contributed by atoms with E-state index in [2.05, 4.69) is 0 Å². The van der Waals surface area contributed by atoms with Gasteiger partial charge in [-0.1, -0.05) is 17.7 Å². The maximum absolute atomic E-state index is 14.0. The van der Waals surface area contributed by atoms with Crippen LogP contribution in [0.15, 0.2) is 76.9 Å². The van der Waals surface area contributed by atoms with E-state index in [0.717, 1.165) is 5.57 Å². The fourth-order valence-corrected chi connectivity index (χ4v) is 6.84. The summed E-state index contributed by atoms with van der Waals surface area (Å²) < 4.78 is 5.62. The average molecular weight is 552 g/mol. The molecule has 41 heavy (non-hydrogen) atoms. The van der Waals surface area contributed by atoms with Crippen molar-refractivity contribution in [3.8, 4) is 11.5 Å². The summed E-state index contributed by atoms with van der Waals surface area (Å²) in [6.07, 6.45) is 3.81. The molecule has 2 aromatic carbocycles. The zero-order valence-electron chi connectivity index (χ0n) is 23.0. The molecule has 0 aromatic heterocycles.